The van der Waals surface area contributed by atoms with Gasteiger partial charge in [-0.05, 0) is 44.0 Å². The van der Waals surface area contributed by atoms with Crippen molar-refractivity contribution in [2.45, 2.75) is 31.7 Å². The lowest BCUT2D eigenvalue weighted by molar-refractivity contribution is 0.406. The summed E-state index contributed by atoms with van der Waals surface area (Å²) in [5.74, 6) is 2.53. The minimum absolute atomic E-state index is 0.113. The van der Waals surface area contributed by atoms with Gasteiger partial charge in [-0.25, -0.2) is 14.4 Å². The van der Waals surface area contributed by atoms with E-state index in [9.17, 15) is 4.39 Å². The maximum atomic E-state index is 13.5. The van der Waals surface area contributed by atoms with E-state index in [0.29, 0.717) is 11.7 Å². The minimum atomic E-state index is -0.277. The molecule has 0 aliphatic heterocycles. The lowest BCUT2D eigenvalue weighted by atomic mass is 10.1. The summed E-state index contributed by atoms with van der Waals surface area (Å²) in [4.78, 5) is 8.81. The van der Waals surface area contributed by atoms with E-state index in [-0.39, 0.29) is 11.9 Å². The maximum Gasteiger partial charge on any atom is 0.133 e. The molecule has 1 aromatic carbocycles. The third kappa shape index (κ3) is 3.12. The van der Waals surface area contributed by atoms with Crippen LogP contribution in [0.25, 0.3) is 0 Å². The Labute approximate surface area is 123 Å². The highest BCUT2D eigenvalue weighted by Gasteiger charge is 2.26. The molecular formula is C16H18FN3O. The molecule has 0 radical (unpaired) electrons. The van der Waals surface area contributed by atoms with Crippen molar-refractivity contribution in [3.63, 3.8) is 0 Å². The van der Waals surface area contributed by atoms with Crippen LogP contribution >= 0.6 is 0 Å². The first-order valence-electron chi connectivity index (χ1n) is 7.10. The Morgan fingerprint density at radius 1 is 1.33 bits per heavy atom. The monoisotopic (exact) mass is 287 g/mol. The number of anilines is 1. The second kappa shape index (κ2) is 5.68. The van der Waals surface area contributed by atoms with Crippen LogP contribution < -0.4 is 10.1 Å². The Morgan fingerprint density at radius 3 is 2.86 bits per heavy atom. The molecule has 4 nitrogen and oxygen atoms in total. The van der Waals surface area contributed by atoms with Crippen molar-refractivity contribution in [2.75, 3.05) is 12.4 Å². The number of methoxy groups -OCH3 is 1. The molecule has 1 atom stereocenters. The van der Waals surface area contributed by atoms with Crippen molar-refractivity contribution in [3.05, 3.63) is 47.7 Å². The van der Waals surface area contributed by atoms with E-state index in [1.807, 2.05) is 13.0 Å². The zero-order chi connectivity index (χ0) is 14.8. The fourth-order valence-corrected chi connectivity index (χ4v) is 2.34. The second-order valence-electron chi connectivity index (χ2n) is 5.33. The lowest BCUT2D eigenvalue weighted by Crippen LogP contribution is -2.10. The first-order chi connectivity index (χ1) is 10.2. The number of nitrogens with zero attached hydrogens (tertiary/aromatic N) is 2. The summed E-state index contributed by atoms with van der Waals surface area (Å²) in [6.07, 6.45) is 4.09. The zero-order valence-corrected chi connectivity index (χ0v) is 12.1. The van der Waals surface area contributed by atoms with Crippen LogP contribution in [0.1, 0.15) is 43.1 Å². The lowest BCUT2D eigenvalue weighted by Gasteiger charge is -2.18. The fraction of sp³-hybridized carbons (Fsp3) is 0.375. The molecule has 1 saturated carbocycles. The fourth-order valence-electron chi connectivity index (χ4n) is 2.34. The number of halogens is 1. The molecule has 3 rings (SSSR count). The molecule has 0 amide bonds. The van der Waals surface area contributed by atoms with Crippen LogP contribution in [0.3, 0.4) is 0 Å². The predicted molar refractivity (Wildman–Crippen MR) is 79.0 cm³/mol. The number of aromatic nitrogens is 2. The SMILES string of the molecule is COc1ccc(F)cc1C(C)Nc1ccnc(C2CC2)n1. The van der Waals surface area contributed by atoms with Crippen LogP contribution in [0.15, 0.2) is 30.5 Å². The summed E-state index contributed by atoms with van der Waals surface area (Å²) in [5, 5.41) is 3.29. The highest BCUT2D eigenvalue weighted by atomic mass is 19.1. The quantitative estimate of drug-likeness (QED) is 0.911. The molecule has 2 aromatic rings. The highest BCUT2D eigenvalue weighted by Crippen LogP contribution is 2.38. The van der Waals surface area contributed by atoms with E-state index in [2.05, 4.69) is 15.3 Å². The average Bonchev–Trinajstić information content (AvgIpc) is 3.32. The van der Waals surface area contributed by atoms with E-state index in [0.717, 1.165) is 30.0 Å². The number of hydrogen-bond acceptors (Lipinski definition) is 4. The third-order valence-electron chi connectivity index (χ3n) is 3.64. The van der Waals surface area contributed by atoms with Gasteiger partial charge in [0.1, 0.15) is 23.2 Å². The molecule has 0 saturated heterocycles. The van der Waals surface area contributed by atoms with Crippen LogP contribution in [0.5, 0.6) is 5.75 Å². The van der Waals surface area contributed by atoms with E-state index < -0.39 is 0 Å². The van der Waals surface area contributed by atoms with Crippen molar-refractivity contribution in [1.29, 1.82) is 0 Å². The molecule has 1 N–H and O–H groups in total. The van der Waals surface area contributed by atoms with Gasteiger partial charge in [0.05, 0.1) is 13.2 Å². The maximum absolute atomic E-state index is 13.5. The molecule has 1 aliphatic carbocycles. The van der Waals surface area contributed by atoms with Gasteiger partial charge in [0.25, 0.3) is 0 Å². The molecule has 1 unspecified atom stereocenters. The van der Waals surface area contributed by atoms with Crippen LogP contribution in [-0.4, -0.2) is 17.1 Å². The minimum Gasteiger partial charge on any atom is -0.496 e. The Bertz CT molecular complexity index is 643. The summed E-state index contributed by atoms with van der Waals surface area (Å²) < 4.78 is 18.7. The van der Waals surface area contributed by atoms with Gasteiger partial charge < -0.3 is 10.1 Å². The molecule has 5 heteroatoms. The van der Waals surface area contributed by atoms with E-state index >= 15 is 0 Å². The van der Waals surface area contributed by atoms with E-state index in [1.54, 1.807) is 19.4 Å². The predicted octanol–water partition coefficient (Wildman–Crippen LogP) is 3.67. The Balaban J connectivity index is 1.81. The number of benzene rings is 1. The Morgan fingerprint density at radius 2 is 2.14 bits per heavy atom. The highest BCUT2D eigenvalue weighted by molar-refractivity contribution is 5.43. The molecule has 1 heterocycles. The van der Waals surface area contributed by atoms with Crippen LogP contribution in [0, 0.1) is 5.82 Å². The van der Waals surface area contributed by atoms with Gasteiger partial charge >= 0.3 is 0 Å². The summed E-state index contributed by atoms with van der Waals surface area (Å²) in [5.41, 5.74) is 0.768. The van der Waals surface area contributed by atoms with Gasteiger partial charge in [-0.2, -0.15) is 0 Å². The van der Waals surface area contributed by atoms with E-state index in [4.69, 9.17) is 4.74 Å². The molecular weight excluding hydrogens is 269 g/mol. The van der Waals surface area contributed by atoms with Crippen molar-refractivity contribution >= 4 is 5.82 Å². The summed E-state index contributed by atoms with van der Waals surface area (Å²) >= 11 is 0. The number of ether oxygens (including phenoxy) is 1. The number of nitrogens with one attached hydrogen (secondary N) is 1. The van der Waals surface area contributed by atoms with Gasteiger partial charge in [0.15, 0.2) is 0 Å². The van der Waals surface area contributed by atoms with Gasteiger partial charge in [-0.3, -0.25) is 0 Å². The molecule has 21 heavy (non-hydrogen) atoms. The third-order valence-corrected chi connectivity index (χ3v) is 3.64. The standard InChI is InChI=1S/C16H18FN3O/c1-10(13-9-12(17)5-6-14(13)21-2)19-15-7-8-18-16(20-15)11-3-4-11/h5-11H,3-4H2,1-2H3,(H,18,19,20). The Kier molecular flexibility index (Phi) is 3.73. The van der Waals surface area contributed by atoms with Crippen LogP contribution in [0.4, 0.5) is 10.2 Å². The molecule has 110 valence electrons. The van der Waals surface area contributed by atoms with Crippen molar-refractivity contribution < 1.29 is 9.13 Å². The summed E-state index contributed by atoms with van der Waals surface area (Å²) in [6.45, 7) is 1.95. The van der Waals surface area contributed by atoms with Gasteiger partial charge in [0.2, 0.25) is 0 Å². The topological polar surface area (TPSA) is 47.0 Å². The largest absolute Gasteiger partial charge is 0.496 e. The molecule has 0 bridgehead atoms. The molecule has 1 aromatic heterocycles. The smallest absolute Gasteiger partial charge is 0.133 e. The van der Waals surface area contributed by atoms with Gasteiger partial charge in [-0.15, -0.1) is 0 Å². The zero-order valence-electron chi connectivity index (χ0n) is 12.1. The van der Waals surface area contributed by atoms with Crippen molar-refractivity contribution in [3.8, 4) is 5.75 Å². The van der Waals surface area contributed by atoms with Crippen LogP contribution in [0.2, 0.25) is 0 Å². The van der Waals surface area contributed by atoms with Crippen molar-refractivity contribution in [1.82, 2.24) is 9.97 Å². The Hall–Kier alpha value is -2.17. The molecule has 1 aliphatic rings. The summed E-state index contributed by atoms with van der Waals surface area (Å²) in [7, 11) is 1.58. The normalized spacial score (nSPS) is 15.6. The second-order valence-corrected chi connectivity index (χ2v) is 5.33. The first kappa shape index (κ1) is 13.8. The first-order valence-corrected chi connectivity index (χ1v) is 7.10. The van der Waals surface area contributed by atoms with Gasteiger partial charge in [0, 0.05) is 17.7 Å². The summed E-state index contributed by atoms with van der Waals surface area (Å²) in [6, 6.07) is 6.23. The average molecular weight is 287 g/mol. The van der Waals surface area contributed by atoms with Crippen LogP contribution in [-0.2, 0) is 0 Å². The molecule has 0 spiro atoms. The number of rotatable bonds is 5. The van der Waals surface area contributed by atoms with Gasteiger partial charge in [-0.1, -0.05) is 0 Å². The van der Waals surface area contributed by atoms with Crippen molar-refractivity contribution in [2.24, 2.45) is 0 Å². The molecule has 1 fully saturated rings. The van der Waals surface area contributed by atoms with E-state index in [1.165, 1.54) is 12.1 Å². The number of hydrogen-bond donors (Lipinski definition) is 1.